The van der Waals surface area contributed by atoms with Crippen LogP contribution in [0.2, 0.25) is 0 Å². The second-order valence-corrected chi connectivity index (χ2v) is 9.29. The van der Waals surface area contributed by atoms with E-state index >= 15 is 0 Å². The van der Waals surface area contributed by atoms with Gasteiger partial charge in [-0.3, -0.25) is 35.2 Å². The number of alkyl halides is 1. The van der Waals surface area contributed by atoms with Gasteiger partial charge in [-0.15, -0.1) is 0 Å². The maximum absolute atomic E-state index is 13.5. The van der Waals surface area contributed by atoms with Gasteiger partial charge in [0.1, 0.15) is 17.5 Å². The summed E-state index contributed by atoms with van der Waals surface area (Å²) in [5.74, 6) is -1.43. The van der Waals surface area contributed by atoms with Crippen molar-refractivity contribution in [1.29, 1.82) is 0 Å². The van der Waals surface area contributed by atoms with E-state index in [1.165, 1.54) is 30.7 Å². The number of nitrogens with zero attached hydrogens (tertiary/aromatic N) is 4. The van der Waals surface area contributed by atoms with Gasteiger partial charge in [-0.2, -0.15) is 0 Å². The summed E-state index contributed by atoms with van der Waals surface area (Å²) in [7, 11) is 0. The lowest BCUT2D eigenvalue weighted by Crippen LogP contribution is -2.29. The van der Waals surface area contributed by atoms with E-state index in [1.54, 1.807) is 0 Å². The van der Waals surface area contributed by atoms with E-state index in [0.29, 0.717) is 17.7 Å². The fourth-order valence-electron chi connectivity index (χ4n) is 3.73. The van der Waals surface area contributed by atoms with Gasteiger partial charge in [-0.1, -0.05) is 22.4 Å². The molecule has 15 heteroatoms. The van der Waals surface area contributed by atoms with E-state index in [9.17, 15) is 43.5 Å². The van der Waals surface area contributed by atoms with Crippen LogP contribution in [0.25, 0.3) is 0 Å². The van der Waals surface area contributed by atoms with Gasteiger partial charge in [0.15, 0.2) is 0 Å². The van der Waals surface area contributed by atoms with Crippen molar-refractivity contribution in [2.45, 2.75) is 37.7 Å². The fraction of sp³-hybridized carbons (Fsp3) is 0.308. The Kier molecular flexibility index (Phi) is 13.3. The van der Waals surface area contributed by atoms with Gasteiger partial charge >= 0.3 is 0 Å². The summed E-state index contributed by atoms with van der Waals surface area (Å²) in [5, 5.41) is 39.9. The van der Waals surface area contributed by atoms with E-state index in [1.807, 2.05) is 0 Å². The van der Waals surface area contributed by atoms with E-state index in [0.717, 1.165) is 56.3 Å². The lowest BCUT2D eigenvalue weighted by molar-refractivity contribution is -0.385. The first-order valence-corrected chi connectivity index (χ1v) is 13.3. The molecule has 0 unspecified atom stereocenters. The summed E-state index contributed by atoms with van der Waals surface area (Å²) < 4.78 is 39.0. The first-order valence-electron chi connectivity index (χ1n) is 12.1. The minimum atomic E-state index is -0.640. The summed E-state index contributed by atoms with van der Waals surface area (Å²) in [6, 6.07) is 10.2. The second kappa shape index (κ2) is 16.3. The molecule has 1 aliphatic heterocycles. The minimum Gasteiger partial charge on any atom is -0.392 e. The summed E-state index contributed by atoms with van der Waals surface area (Å²) in [5.41, 5.74) is 0.291. The standard InChI is InChI=1S/C12H15FN2O2.C7H5BrFNO2.C7H6FNO3/c13-12-5-4-11(15(16)17)8-10(12)9-14-6-2-1-3-7-14;8-4-5-3-6(10(11)12)1-2-7(5)9;8-7-2-1-6(9(11)12)3-5(7)4-10/h4-5,8H,1-3,6-7,9H2;1-3H,4H2;1-3,10H,4H2. The lowest BCUT2D eigenvalue weighted by Gasteiger charge is -2.26. The number of likely N-dealkylation sites (tertiary alicyclic amines) is 1. The Morgan fingerprint density at radius 1 is 0.683 bits per heavy atom. The summed E-state index contributed by atoms with van der Waals surface area (Å²) in [6.45, 7) is 1.82. The van der Waals surface area contributed by atoms with Crippen molar-refractivity contribution in [3.8, 4) is 0 Å². The van der Waals surface area contributed by atoms with Crippen molar-refractivity contribution in [1.82, 2.24) is 4.90 Å². The van der Waals surface area contributed by atoms with Gasteiger partial charge < -0.3 is 5.11 Å². The van der Waals surface area contributed by atoms with Crippen LogP contribution < -0.4 is 0 Å². The first-order chi connectivity index (χ1) is 19.5. The lowest BCUT2D eigenvalue weighted by atomic mass is 10.1. The molecule has 4 rings (SSSR count). The van der Waals surface area contributed by atoms with Gasteiger partial charge in [0.2, 0.25) is 0 Å². The van der Waals surface area contributed by atoms with Crippen molar-refractivity contribution in [2.24, 2.45) is 0 Å². The van der Waals surface area contributed by atoms with Crippen molar-refractivity contribution < 1.29 is 33.0 Å². The average Bonchev–Trinajstić information content (AvgIpc) is 2.95. The second-order valence-electron chi connectivity index (χ2n) is 8.73. The van der Waals surface area contributed by atoms with Crippen molar-refractivity contribution in [3.05, 3.63) is 119 Å². The SMILES string of the molecule is O=[N+]([O-])c1ccc(F)c(CBr)c1.O=[N+]([O-])c1ccc(F)c(CN2CCCCC2)c1.O=[N+]([O-])c1ccc(F)c(CO)c1. The van der Waals surface area contributed by atoms with Crippen LogP contribution in [0, 0.1) is 47.8 Å². The first kappa shape index (κ1) is 33.3. The summed E-state index contributed by atoms with van der Waals surface area (Å²) >= 11 is 3.03. The molecule has 41 heavy (non-hydrogen) atoms. The molecule has 11 nitrogen and oxygen atoms in total. The molecule has 1 fully saturated rings. The third-order valence-electron chi connectivity index (χ3n) is 5.88. The van der Waals surface area contributed by atoms with Gasteiger partial charge in [0, 0.05) is 65.0 Å². The third kappa shape index (κ3) is 10.5. The Morgan fingerprint density at radius 3 is 1.49 bits per heavy atom. The highest BCUT2D eigenvalue weighted by atomic mass is 79.9. The number of non-ortho nitro benzene ring substituents is 3. The molecular weight excluding hydrogens is 617 g/mol. The average molecular weight is 643 g/mol. The Labute approximate surface area is 240 Å². The van der Waals surface area contributed by atoms with Crippen molar-refractivity contribution in [3.63, 3.8) is 0 Å². The molecule has 1 heterocycles. The monoisotopic (exact) mass is 642 g/mol. The summed E-state index contributed by atoms with van der Waals surface area (Å²) in [4.78, 5) is 31.5. The van der Waals surface area contributed by atoms with Crippen LogP contribution >= 0.6 is 15.9 Å². The van der Waals surface area contributed by atoms with E-state index in [2.05, 4.69) is 20.8 Å². The van der Waals surface area contributed by atoms with Crippen LogP contribution in [0.15, 0.2) is 54.6 Å². The van der Waals surface area contributed by atoms with E-state index in [-0.39, 0.29) is 33.8 Å². The number of benzene rings is 3. The molecule has 0 saturated carbocycles. The predicted molar refractivity (Wildman–Crippen MR) is 147 cm³/mol. The Bertz CT molecular complexity index is 1310. The normalized spacial score (nSPS) is 12.8. The number of halogens is 4. The van der Waals surface area contributed by atoms with Crippen LogP contribution in [0.3, 0.4) is 0 Å². The van der Waals surface area contributed by atoms with Crippen LogP contribution in [-0.4, -0.2) is 37.9 Å². The zero-order valence-electron chi connectivity index (χ0n) is 21.6. The number of nitro benzene ring substituents is 3. The number of hydrogen-bond donors (Lipinski definition) is 1. The fourth-order valence-corrected chi connectivity index (χ4v) is 4.16. The highest BCUT2D eigenvalue weighted by Crippen LogP contribution is 2.21. The Morgan fingerprint density at radius 2 is 1.07 bits per heavy atom. The number of hydrogen-bond acceptors (Lipinski definition) is 8. The van der Waals surface area contributed by atoms with Crippen LogP contribution in [0.4, 0.5) is 30.2 Å². The van der Waals surface area contributed by atoms with Crippen molar-refractivity contribution in [2.75, 3.05) is 13.1 Å². The van der Waals surface area contributed by atoms with Crippen LogP contribution in [-0.2, 0) is 18.5 Å². The van der Waals surface area contributed by atoms with Gasteiger partial charge in [-0.05, 0) is 44.1 Å². The molecule has 220 valence electrons. The molecule has 1 saturated heterocycles. The highest BCUT2D eigenvalue weighted by Gasteiger charge is 2.16. The van der Waals surface area contributed by atoms with Gasteiger partial charge in [0.05, 0.1) is 21.4 Å². The van der Waals surface area contributed by atoms with E-state index < -0.39 is 33.0 Å². The molecule has 3 aromatic rings. The number of piperidine rings is 1. The molecule has 3 aromatic carbocycles. The molecule has 0 aromatic heterocycles. The number of aliphatic hydroxyl groups excluding tert-OH is 1. The maximum Gasteiger partial charge on any atom is 0.269 e. The predicted octanol–water partition coefficient (Wildman–Crippen LogP) is 6.57. The molecule has 1 aliphatic rings. The minimum absolute atomic E-state index is 0.0431. The quantitative estimate of drug-likeness (QED) is 0.172. The summed E-state index contributed by atoms with van der Waals surface area (Å²) in [6.07, 6.45) is 3.46. The Hall–Kier alpha value is -3.95. The Balaban J connectivity index is 0.000000221. The topological polar surface area (TPSA) is 153 Å². The molecule has 1 N–H and O–H groups in total. The molecule has 0 bridgehead atoms. The largest absolute Gasteiger partial charge is 0.392 e. The van der Waals surface area contributed by atoms with Gasteiger partial charge in [0.25, 0.3) is 17.1 Å². The smallest absolute Gasteiger partial charge is 0.269 e. The zero-order valence-corrected chi connectivity index (χ0v) is 23.1. The van der Waals surface area contributed by atoms with Crippen molar-refractivity contribution >= 4 is 33.0 Å². The van der Waals surface area contributed by atoms with Gasteiger partial charge in [-0.25, -0.2) is 13.2 Å². The number of rotatable bonds is 7. The highest BCUT2D eigenvalue weighted by molar-refractivity contribution is 9.08. The molecular formula is C26H26BrF3N4O7. The molecule has 0 radical (unpaired) electrons. The molecule has 0 atom stereocenters. The van der Waals surface area contributed by atoms with Crippen LogP contribution in [0.5, 0.6) is 0 Å². The number of aliphatic hydroxyl groups is 1. The van der Waals surface area contributed by atoms with E-state index in [4.69, 9.17) is 5.11 Å². The van der Waals surface area contributed by atoms with Crippen LogP contribution in [0.1, 0.15) is 36.0 Å². The third-order valence-corrected chi connectivity index (χ3v) is 6.48. The zero-order chi connectivity index (χ0) is 30.5. The number of nitro groups is 3. The molecule has 0 spiro atoms. The molecule has 0 amide bonds. The molecule has 0 aliphatic carbocycles. The maximum atomic E-state index is 13.5.